The quantitative estimate of drug-likeness (QED) is 0.779. The minimum atomic E-state index is -1.47. The van der Waals surface area contributed by atoms with Crippen LogP contribution in [0.4, 0.5) is 9.18 Å². The van der Waals surface area contributed by atoms with Crippen molar-refractivity contribution in [2.45, 2.75) is 51.1 Å². The summed E-state index contributed by atoms with van der Waals surface area (Å²) >= 11 is 0. The van der Waals surface area contributed by atoms with E-state index in [0.717, 1.165) is 0 Å². The van der Waals surface area contributed by atoms with Gasteiger partial charge in [-0.15, -0.1) is 0 Å². The van der Waals surface area contributed by atoms with Crippen LogP contribution < -0.4 is 5.32 Å². The van der Waals surface area contributed by atoms with Gasteiger partial charge in [-0.2, -0.15) is 0 Å². The van der Waals surface area contributed by atoms with Crippen molar-refractivity contribution < 1.29 is 28.6 Å². The van der Waals surface area contributed by atoms with Gasteiger partial charge in [0.25, 0.3) is 0 Å². The molecule has 0 radical (unpaired) electrons. The lowest BCUT2D eigenvalue weighted by Crippen LogP contribution is -2.52. The van der Waals surface area contributed by atoms with Crippen LogP contribution in [0.3, 0.4) is 0 Å². The average Bonchev–Trinajstić information content (AvgIpc) is 2.17. The molecule has 3 unspecified atom stereocenters. The van der Waals surface area contributed by atoms with E-state index in [9.17, 15) is 14.0 Å². The van der Waals surface area contributed by atoms with Crippen LogP contribution in [0.1, 0.15) is 27.2 Å². The zero-order valence-electron chi connectivity index (χ0n) is 10.6. The summed E-state index contributed by atoms with van der Waals surface area (Å²) in [6, 6.07) is -0.879. The van der Waals surface area contributed by atoms with E-state index in [-0.39, 0.29) is 13.0 Å². The SMILES string of the molecule is CC(C)(C)OC(=O)NC1COC(C(=O)O)CC1F. The van der Waals surface area contributed by atoms with Gasteiger partial charge >= 0.3 is 12.1 Å². The number of alkyl halides is 1. The number of carboxylic acid groups (broad SMARTS) is 1. The number of ether oxygens (including phenoxy) is 2. The van der Waals surface area contributed by atoms with Gasteiger partial charge in [0.05, 0.1) is 12.6 Å². The van der Waals surface area contributed by atoms with Gasteiger partial charge in [0.1, 0.15) is 11.8 Å². The molecular weight excluding hydrogens is 245 g/mol. The van der Waals surface area contributed by atoms with Gasteiger partial charge in [-0.25, -0.2) is 14.0 Å². The summed E-state index contributed by atoms with van der Waals surface area (Å²) in [5, 5.41) is 11.0. The van der Waals surface area contributed by atoms with Crippen molar-refractivity contribution in [3.05, 3.63) is 0 Å². The minimum absolute atomic E-state index is 0.183. The molecule has 2 N–H and O–H groups in total. The minimum Gasteiger partial charge on any atom is -0.479 e. The van der Waals surface area contributed by atoms with E-state index in [1.165, 1.54) is 0 Å². The van der Waals surface area contributed by atoms with Gasteiger partial charge in [-0.05, 0) is 20.8 Å². The molecule has 1 rings (SSSR count). The molecule has 0 aliphatic carbocycles. The highest BCUT2D eigenvalue weighted by Crippen LogP contribution is 2.18. The number of carboxylic acids is 1. The Hall–Kier alpha value is -1.37. The lowest BCUT2D eigenvalue weighted by molar-refractivity contribution is -0.156. The number of amides is 1. The van der Waals surface area contributed by atoms with Crippen molar-refractivity contribution in [3.8, 4) is 0 Å². The summed E-state index contributed by atoms with van der Waals surface area (Å²) in [5.74, 6) is -1.20. The summed E-state index contributed by atoms with van der Waals surface area (Å²) in [6.07, 6.45) is -3.65. The summed E-state index contributed by atoms with van der Waals surface area (Å²) < 4.78 is 23.6. The molecule has 0 aromatic rings. The first-order valence-corrected chi connectivity index (χ1v) is 5.67. The number of aliphatic carboxylic acids is 1. The molecule has 0 aromatic heterocycles. The van der Waals surface area contributed by atoms with E-state index >= 15 is 0 Å². The zero-order chi connectivity index (χ0) is 13.9. The van der Waals surface area contributed by atoms with Crippen molar-refractivity contribution in [1.29, 1.82) is 0 Å². The first kappa shape index (κ1) is 14.7. The van der Waals surface area contributed by atoms with E-state index in [1.54, 1.807) is 20.8 Å². The summed E-state index contributed by atoms with van der Waals surface area (Å²) in [7, 11) is 0. The fourth-order valence-corrected chi connectivity index (χ4v) is 1.52. The van der Waals surface area contributed by atoms with E-state index in [2.05, 4.69) is 5.32 Å². The summed E-state index contributed by atoms with van der Waals surface area (Å²) in [6.45, 7) is 4.89. The van der Waals surface area contributed by atoms with Crippen LogP contribution in [0.25, 0.3) is 0 Å². The summed E-state index contributed by atoms with van der Waals surface area (Å²) in [4.78, 5) is 22.0. The standard InChI is InChI=1S/C11H18FNO5/c1-11(2,3)18-10(16)13-7-5-17-8(9(14)15)4-6(7)12/h6-8H,4-5H2,1-3H3,(H,13,16)(H,14,15). The predicted molar refractivity (Wildman–Crippen MR) is 60.0 cm³/mol. The molecule has 0 saturated carbocycles. The van der Waals surface area contributed by atoms with Crippen LogP contribution in [0.15, 0.2) is 0 Å². The lowest BCUT2D eigenvalue weighted by Gasteiger charge is -2.31. The molecule has 7 heteroatoms. The van der Waals surface area contributed by atoms with Gasteiger partial charge in [0, 0.05) is 6.42 Å². The third-order valence-electron chi connectivity index (χ3n) is 2.33. The number of alkyl carbamates (subject to hydrolysis) is 1. The Kier molecular flexibility index (Phi) is 4.50. The molecule has 6 nitrogen and oxygen atoms in total. The van der Waals surface area contributed by atoms with Crippen LogP contribution in [0.2, 0.25) is 0 Å². The van der Waals surface area contributed by atoms with E-state index in [4.69, 9.17) is 14.6 Å². The Morgan fingerprint density at radius 2 is 2.06 bits per heavy atom. The molecule has 3 atom stereocenters. The fourth-order valence-electron chi connectivity index (χ4n) is 1.52. The molecule has 0 bridgehead atoms. The second-order valence-corrected chi connectivity index (χ2v) is 5.16. The molecule has 1 fully saturated rings. The number of carbonyl (C=O) groups is 2. The third-order valence-corrected chi connectivity index (χ3v) is 2.33. The number of rotatable bonds is 2. The Balaban J connectivity index is 2.45. The molecule has 1 aliphatic rings. The zero-order valence-corrected chi connectivity index (χ0v) is 10.6. The Bertz CT molecular complexity index is 328. The van der Waals surface area contributed by atoms with Gasteiger partial charge in [-0.1, -0.05) is 0 Å². The maximum Gasteiger partial charge on any atom is 0.408 e. The fraction of sp³-hybridized carbons (Fsp3) is 0.818. The smallest absolute Gasteiger partial charge is 0.408 e. The molecule has 1 heterocycles. The lowest BCUT2D eigenvalue weighted by atomic mass is 10.0. The van der Waals surface area contributed by atoms with E-state index in [1.807, 2.05) is 0 Å². The number of hydrogen-bond acceptors (Lipinski definition) is 4. The van der Waals surface area contributed by atoms with Crippen molar-refractivity contribution in [3.63, 3.8) is 0 Å². The van der Waals surface area contributed by atoms with Crippen LogP contribution in [-0.4, -0.2) is 47.7 Å². The third kappa shape index (κ3) is 4.48. The average molecular weight is 263 g/mol. The monoisotopic (exact) mass is 263 g/mol. The van der Waals surface area contributed by atoms with Crippen molar-refractivity contribution in [1.82, 2.24) is 5.32 Å². The normalized spacial score (nSPS) is 28.6. The number of halogens is 1. The summed E-state index contributed by atoms with van der Waals surface area (Å²) in [5.41, 5.74) is -0.672. The molecule has 1 saturated heterocycles. The number of hydrogen-bond donors (Lipinski definition) is 2. The first-order chi connectivity index (χ1) is 8.19. The van der Waals surface area contributed by atoms with Crippen molar-refractivity contribution in [2.24, 2.45) is 0 Å². The molecule has 0 spiro atoms. The van der Waals surface area contributed by atoms with Gasteiger partial charge in [0.2, 0.25) is 0 Å². The molecule has 1 aliphatic heterocycles. The number of nitrogens with one attached hydrogen (secondary N) is 1. The first-order valence-electron chi connectivity index (χ1n) is 5.67. The molecule has 0 aromatic carbocycles. The van der Waals surface area contributed by atoms with Crippen LogP contribution >= 0.6 is 0 Å². The van der Waals surface area contributed by atoms with E-state index in [0.29, 0.717) is 0 Å². The van der Waals surface area contributed by atoms with Crippen LogP contribution in [0, 0.1) is 0 Å². The molecular formula is C11H18FNO5. The van der Waals surface area contributed by atoms with Crippen LogP contribution in [0.5, 0.6) is 0 Å². The Morgan fingerprint density at radius 3 is 2.50 bits per heavy atom. The highest BCUT2D eigenvalue weighted by atomic mass is 19.1. The molecule has 104 valence electrons. The highest BCUT2D eigenvalue weighted by Gasteiger charge is 2.36. The maximum absolute atomic E-state index is 13.6. The van der Waals surface area contributed by atoms with Crippen LogP contribution in [-0.2, 0) is 14.3 Å². The van der Waals surface area contributed by atoms with Gasteiger partial charge < -0.3 is 19.9 Å². The number of carbonyl (C=O) groups excluding carboxylic acids is 1. The highest BCUT2D eigenvalue weighted by molar-refractivity contribution is 5.72. The van der Waals surface area contributed by atoms with Crippen molar-refractivity contribution >= 4 is 12.1 Å². The van der Waals surface area contributed by atoms with Crippen molar-refractivity contribution in [2.75, 3.05) is 6.61 Å². The Labute approximate surface area is 104 Å². The maximum atomic E-state index is 13.6. The Morgan fingerprint density at radius 1 is 1.44 bits per heavy atom. The van der Waals surface area contributed by atoms with Gasteiger partial charge in [0.15, 0.2) is 6.10 Å². The van der Waals surface area contributed by atoms with Gasteiger partial charge in [-0.3, -0.25) is 0 Å². The molecule has 1 amide bonds. The predicted octanol–water partition coefficient (Wildman–Crippen LogP) is 1.09. The largest absolute Gasteiger partial charge is 0.479 e. The second-order valence-electron chi connectivity index (χ2n) is 5.16. The topological polar surface area (TPSA) is 84.9 Å². The second kappa shape index (κ2) is 5.51. The van der Waals surface area contributed by atoms with E-state index < -0.39 is 36.0 Å². The molecule has 18 heavy (non-hydrogen) atoms.